The minimum Gasteiger partial charge on any atom is -0.497 e. The van der Waals surface area contributed by atoms with E-state index >= 15 is 0 Å². The van der Waals surface area contributed by atoms with Crippen molar-refractivity contribution in [1.29, 1.82) is 0 Å². The first-order valence-corrected chi connectivity index (χ1v) is 6.70. The largest absolute Gasteiger partial charge is 0.497 e. The molecule has 0 radical (unpaired) electrons. The molecule has 20 heavy (non-hydrogen) atoms. The lowest BCUT2D eigenvalue weighted by Crippen LogP contribution is -2.26. The number of hydrogen-bond donors (Lipinski definition) is 2. The number of ether oxygens (including phenoxy) is 1. The van der Waals surface area contributed by atoms with Crippen LogP contribution in [0.1, 0.15) is 0 Å². The van der Waals surface area contributed by atoms with Crippen LogP contribution < -0.4 is 15.4 Å². The number of carbonyl (C=O) groups is 1. The number of nitrogens with zero attached hydrogens (tertiary/aromatic N) is 1. The highest BCUT2D eigenvalue weighted by Gasteiger charge is 2.28. The second-order valence-corrected chi connectivity index (χ2v) is 5.36. The predicted octanol–water partition coefficient (Wildman–Crippen LogP) is 3.56. The summed E-state index contributed by atoms with van der Waals surface area (Å²) in [6.07, 6.45) is -1.03. The van der Waals surface area contributed by atoms with E-state index in [1.54, 1.807) is 37.4 Å². The monoisotopic (exact) mass is 288 g/mol. The molecule has 102 valence electrons. The Morgan fingerprint density at radius 3 is 2.50 bits per heavy atom. The summed E-state index contributed by atoms with van der Waals surface area (Å²) in [5, 5.41) is 9.48. The van der Waals surface area contributed by atoms with E-state index in [0.717, 1.165) is 9.79 Å². The van der Waals surface area contributed by atoms with Crippen LogP contribution in [0.3, 0.4) is 0 Å². The minimum absolute atomic E-state index is 0.605. The number of amides is 1. The average Bonchev–Trinajstić information content (AvgIpc) is 2.43. The first-order valence-electron chi connectivity index (χ1n) is 5.88. The molecule has 1 aliphatic rings. The van der Waals surface area contributed by atoms with Crippen molar-refractivity contribution in [2.45, 2.75) is 9.79 Å². The van der Waals surface area contributed by atoms with E-state index in [4.69, 9.17) is 10.5 Å². The standard InChI is InChI=1S/C14H12N2O3S/c1-19-9-3-5-11-13(7-9)20-12-6-8(15)2-4-10(12)16(11)14(17)18/h2-7H,15H2,1H3,(H,17,18). The van der Waals surface area contributed by atoms with Gasteiger partial charge in [0.1, 0.15) is 5.75 Å². The first-order chi connectivity index (χ1) is 9.60. The summed E-state index contributed by atoms with van der Waals surface area (Å²) in [5.41, 5.74) is 7.63. The number of nitrogen functional groups attached to an aromatic ring is 1. The van der Waals surface area contributed by atoms with E-state index in [1.165, 1.54) is 16.7 Å². The molecule has 0 bridgehead atoms. The highest BCUT2D eigenvalue weighted by Crippen LogP contribution is 2.49. The Hall–Kier alpha value is -2.34. The van der Waals surface area contributed by atoms with Crippen LogP contribution >= 0.6 is 11.8 Å². The van der Waals surface area contributed by atoms with E-state index in [0.29, 0.717) is 22.8 Å². The summed E-state index contributed by atoms with van der Waals surface area (Å²) in [6.45, 7) is 0. The first kappa shape index (κ1) is 12.7. The molecule has 0 saturated heterocycles. The highest BCUT2D eigenvalue weighted by atomic mass is 32.2. The van der Waals surface area contributed by atoms with Crippen molar-refractivity contribution in [2.75, 3.05) is 17.7 Å². The van der Waals surface area contributed by atoms with Gasteiger partial charge in [-0.25, -0.2) is 9.69 Å². The Morgan fingerprint density at radius 1 is 1.20 bits per heavy atom. The number of benzene rings is 2. The smallest absolute Gasteiger partial charge is 0.416 e. The molecule has 0 saturated carbocycles. The van der Waals surface area contributed by atoms with Crippen molar-refractivity contribution in [2.24, 2.45) is 0 Å². The molecule has 0 fully saturated rings. The van der Waals surface area contributed by atoms with Gasteiger partial charge in [0.25, 0.3) is 0 Å². The number of anilines is 3. The van der Waals surface area contributed by atoms with Gasteiger partial charge in [0.15, 0.2) is 0 Å². The van der Waals surface area contributed by atoms with Crippen LogP contribution in [0.2, 0.25) is 0 Å². The van der Waals surface area contributed by atoms with Crippen LogP contribution in [0.15, 0.2) is 46.2 Å². The number of rotatable bonds is 1. The number of carboxylic acid groups (broad SMARTS) is 1. The fourth-order valence-corrected chi connectivity index (χ4v) is 3.27. The molecule has 6 heteroatoms. The lowest BCUT2D eigenvalue weighted by molar-refractivity contribution is 0.204. The number of hydrogen-bond acceptors (Lipinski definition) is 4. The Morgan fingerprint density at radius 2 is 1.85 bits per heavy atom. The lowest BCUT2D eigenvalue weighted by atomic mass is 10.2. The van der Waals surface area contributed by atoms with Gasteiger partial charge in [-0.15, -0.1) is 0 Å². The summed E-state index contributed by atoms with van der Waals surface area (Å²) in [7, 11) is 1.58. The van der Waals surface area contributed by atoms with Crippen molar-refractivity contribution in [3.63, 3.8) is 0 Å². The maximum atomic E-state index is 11.6. The normalized spacial score (nSPS) is 12.6. The Labute approximate surface area is 120 Å². The summed E-state index contributed by atoms with van der Waals surface area (Å²) in [6, 6.07) is 10.5. The quantitative estimate of drug-likeness (QED) is 0.785. The van der Waals surface area contributed by atoms with E-state index < -0.39 is 6.09 Å². The average molecular weight is 288 g/mol. The van der Waals surface area contributed by atoms with Crippen molar-refractivity contribution < 1.29 is 14.6 Å². The van der Waals surface area contributed by atoms with Crippen molar-refractivity contribution in [3.8, 4) is 5.75 Å². The maximum Gasteiger partial charge on any atom is 0.416 e. The van der Waals surface area contributed by atoms with Gasteiger partial charge in [0.05, 0.1) is 18.5 Å². The molecule has 0 aliphatic carbocycles. The van der Waals surface area contributed by atoms with E-state index in [-0.39, 0.29) is 0 Å². The van der Waals surface area contributed by atoms with E-state index in [1.807, 2.05) is 6.07 Å². The topological polar surface area (TPSA) is 75.8 Å². The van der Waals surface area contributed by atoms with Crippen LogP contribution in [0, 0.1) is 0 Å². The molecular formula is C14H12N2O3S. The second kappa shape index (κ2) is 4.64. The van der Waals surface area contributed by atoms with Gasteiger partial charge in [-0.05, 0) is 36.4 Å². The molecule has 3 rings (SSSR count). The van der Waals surface area contributed by atoms with E-state index in [9.17, 15) is 9.90 Å². The third-order valence-corrected chi connectivity index (χ3v) is 4.14. The summed E-state index contributed by atoms with van der Waals surface area (Å²) < 4.78 is 5.18. The summed E-state index contributed by atoms with van der Waals surface area (Å²) in [5.74, 6) is 0.689. The van der Waals surface area contributed by atoms with Gasteiger partial charge in [0, 0.05) is 15.5 Å². The third kappa shape index (κ3) is 1.94. The van der Waals surface area contributed by atoms with Crippen LogP contribution in [0.4, 0.5) is 21.9 Å². The van der Waals surface area contributed by atoms with Crippen molar-refractivity contribution in [1.82, 2.24) is 0 Å². The zero-order valence-corrected chi connectivity index (χ0v) is 11.5. The van der Waals surface area contributed by atoms with Crippen LogP contribution in [0.5, 0.6) is 5.75 Å². The van der Waals surface area contributed by atoms with Gasteiger partial charge in [-0.2, -0.15) is 0 Å². The minimum atomic E-state index is -1.03. The Balaban J connectivity index is 2.19. The van der Waals surface area contributed by atoms with Gasteiger partial charge < -0.3 is 15.6 Å². The molecular weight excluding hydrogens is 276 g/mol. The number of nitrogens with two attached hydrogens (primary N) is 1. The maximum absolute atomic E-state index is 11.6. The highest BCUT2D eigenvalue weighted by molar-refractivity contribution is 7.99. The Bertz CT molecular complexity index is 703. The van der Waals surface area contributed by atoms with E-state index in [2.05, 4.69) is 0 Å². The molecule has 3 N–H and O–H groups in total. The van der Waals surface area contributed by atoms with Crippen LogP contribution in [0.25, 0.3) is 0 Å². The predicted molar refractivity (Wildman–Crippen MR) is 78.1 cm³/mol. The molecule has 5 nitrogen and oxygen atoms in total. The third-order valence-electron chi connectivity index (χ3n) is 3.04. The molecule has 1 heterocycles. The zero-order chi connectivity index (χ0) is 14.3. The van der Waals surface area contributed by atoms with Gasteiger partial charge in [-0.3, -0.25) is 0 Å². The lowest BCUT2D eigenvalue weighted by Gasteiger charge is -2.29. The van der Waals surface area contributed by atoms with Crippen molar-refractivity contribution >= 4 is 34.9 Å². The molecule has 2 aromatic carbocycles. The van der Waals surface area contributed by atoms with Gasteiger partial charge in [0.2, 0.25) is 0 Å². The Kier molecular flexibility index (Phi) is 2.94. The zero-order valence-electron chi connectivity index (χ0n) is 10.7. The number of methoxy groups -OCH3 is 1. The number of fused-ring (bicyclic) bond motifs is 2. The SMILES string of the molecule is COc1ccc2c(c1)Sc1cc(N)ccc1N2C(=O)O. The van der Waals surface area contributed by atoms with Crippen LogP contribution in [-0.2, 0) is 0 Å². The fraction of sp³-hybridized carbons (Fsp3) is 0.0714. The summed E-state index contributed by atoms with van der Waals surface area (Å²) in [4.78, 5) is 14.5. The second-order valence-electron chi connectivity index (χ2n) is 4.28. The van der Waals surface area contributed by atoms with Gasteiger partial charge in [-0.1, -0.05) is 11.8 Å². The summed E-state index contributed by atoms with van der Waals surface area (Å²) >= 11 is 1.48. The fourth-order valence-electron chi connectivity index (χ4n) is 2.14. The van der Waals surface area contributed by atoms with Gasteiger partial charge >= 0.3 is 6.09 Å². The molecule has 0 unspecified atom stereocenters. The molecule has 1 amide bonds. The van der Waals surface area contributed by atoms with Crippen LogP contribution in [-0.4, -0.2) is 18.3 Å². The molecule has 0 atom stereocenters. The molecule has 2 aromatic rings. The molecule has 0 spiro atoms. The molecule has 0 aromatic heterocycles. The van der Waals surface area contributed by atoms with Crippen molar-refractivity contribution in [3.05, 3.63) is 36.4 Å². The molecule has 1 aliphatic heterocycles.